The number of para-hydroxylation sites is 1. The number of fused-ring (bicyclic) bond motifs is 1. The molecule has 1 aromatic carbocycles. The number of nitrogen functional groups attached to an aromatic ring is 1. The second-order valence-corrected chi connectivity index (χ2v) is 3.57. The number of aromatic amines is 1. The predicted molar refractivity (Wildman–Crippen MR) is 63.9 cm³/mol. The van der Waals surface area contributed by atoms with Gasteiger partial charge in [-0.2, -0.15) is 4.98 Å². The number of hydrogen-bond donors (Lipinski definition) is 2. The topological polar surface area (TPSA) is 89.6 Å². The van der Waals surface area contributed by atoms with Crippen molar-refractivity contribution in [2.24, 2.45) is 0 Å². The molecular weight excluding hydrogens is 218 g/mol. The van der Waals surface area contributed by atoms with Crippen LogP contribution in [-0.4, -0.2) is 19.5 Å². The van der Waals surface area contributed by atoms with Gasteiger partial charge in [-0.15, -0.1) is 0 Å². The van der Waals surface area contributed by atoms with Gasteiger partial charge in [-0.3, -0.25) is 14.3 Å². The highest BCUT2D eigenvalue weighted by Gasteiger charge is 2.09. The normalized spacial score (nSPS) is 10.8. The van der Waals surface area contributed by atoms with E-state index < -0.39 is 0 Å². The first-order valence-corrected chi connectivity index (χ1v) is 5.04. The van der Waals surface area contributed by atoms with Gasteiger partial charge in [-0.05, 0) is 12.1 Å². The van der Waals surface area contributed by atoms with E-state index in [1.54, 1.807) is 10.9 Å². The lowest BCUT2D eigenvalue weighted by Gasteiger charge is -2.02. The molecule has 6 nitrogen and oxygen atoms in total. The van der Waals surface area contributed by atoms with Gasteiger partial charge in [0.25, 0.3) is 5.56 Å². The minimum absolute atomic E-state index is 0.0835. The minimum Gasteiger partial charge on any atom is -0.369 e. The largest absolute Gasteiger partial charge is 0.369 e. The summed E-state index contributed by atoms with van der Waals surface area (Å²) in [6.45, 7) is 0. The summed E-state index contributed by atoms with van der Waals surface area (Å²) in [6, 6.07) is 9.52. The summed E-state index contributed by atoms with van der Waals surface area (Å²) in [5.41, 5.74) is 6.81. The zero-order valence-electron chi connectivity index (χ0n) is 8.79. The molecule has 0 aliphatic carbocycles. The van der Waals surface area contributed by atoms with Gasteiger partial charge in [0.05, 0.1) is 0 Å². The average molecular weight is 227 g/mol. The van der Waals surface area contributed by atoms with Crippen molar-refractivity contribution in [2.45, 2.75) is 0 Å². The van der Waals surface area contributed by atoms with E-state index in [1.807, 2.05) is 30.3 Å². The van der Waals surface area contributed by atoms with Crippen LogP contribution in [0.3, 0.4) is 0 Å². The van der Waals surface area contributed by atoms with Crippen LogP contribution in [0.1, 0.15) is 0 Å². The van der Waals surface area contributed by atoms with E-state index in [0.717, 1.165) is 5.69 Å². The van der Waals surface area contributed by atoms with Gasteiger partial charge < -0.3 is 5.73 Å². The fraction of sp³-hybridized carbons (Fsp3) is 0. The van der Waals surface area contributed by atoms with Gasteiger partial charge in [-0.1, -0.05) is 18.2 Å². The maximum atomic E-state index is 11.6. The Morgan fingerprint density at radius 1 is 1.24 bits per heavy atom. The summed E-state index contributed by atoms with van der Waals surface area (Å²) in [4.78, 5) is 22.1. The molecule has 0 saturated heterocycles. The highest BCUT2D eigenvalue weighted by atomic mass is 16.1. The molecule has 17 heavy (non-hydrogen) atoms. The molecule has 3 aromatic rings. The highest BCUT2D eigenvalue weighted by Crippen LogP contribution is 2.13. The number of nitrogens with one attached hydrogen (secondary N) is 1. The first-order valence-electron chi connectivity index (χ1n) is 5.04. The lowest BCUT2D eigenvalue weighted by atomic mass is 10.3. The third kappa shape index (κ3) is 1.46. The Kier molecular flexibility index (Phi) is 1.94. The van der Waals surface area contributed by atoms with Crippen molar-refractivity contribution in [1.82, 2.24) is 19.5 Å². The number of rotatable bonds is 1. The molecule has 0 aliphatic heterocycles. The Hall–Kier alpha value is -2.63. The number of nitrogens with zero attached hydrogens (tertiary/aromatic N) is 3. The molecule has 0 atom stereocenters. The van der Waals surface area contributed by atoms with Crippen molar-refractivity contribution >= 4 is 17.1 Å². The molecule has 0 spiro atoms. The third-order valence-corrected chi connectivity index (χ3v) is 2.46. The molecule has 3 N–H and O–H groups in total. The zero-order chi connectivity index (χ0) is 11.8. The molecule has 0 amide bonds. The van der Waals surface area contributed by atoms with Gasteiger partial charge >= 0.3 is 0 Å². The number of H-pyrrole nitrogens is 1. The van der Waals surface area contributed by atoms with E-state index in [4.69, 9.17) is 5.73 Å². The molecule has 0 fully saturated rings. The van der Waals surface area contributed by atoms with E-state index in [2.05, 4.69) is 15.0 Å². The highest BCUT2D eigenvalue weighted by molar-refractivity contribution is 5.72. The van der Waals surface area contributed by atoms with Crippen LogP contribution in [0.15, 0.2) is 41.5 Å². The molecule has 2 aromatic heterocycles. The molecule has 6 heteroatoms. The van der Waals surface area contributed by atoms with Crippen molar-refractivity contribution in [3.8, 4) is 5.69 Å². The van der Waals surface area contributed by atoms with Gasteiger partial charge in [-0.25, -0.2) is 4.98 Å². The molecular formula is C11H9N5O. The Balaban J connectivity index is 2.36. The maximum absolute atomic E-state index is 11.6. The summed E-state index contributed by atoms with van der Waals surface area (Å²) < 4.78 is 1.72. The van der Waals surface area contributed by atoms with Crippen molar-refractivity contribution < 1.29 is 0 Å². The SMILES string of the molecule is Nc1nc2c(ncn2-c2ccccc2)c(=O)[nH]1. The predicted octanol–water partition coefficient (Wildman–Crippen LogP) is 0.691. The molecule has 3 rings (SSSR count). The molecule has 0 bridgehead atoms. The summed E-state index contributed by atoms with van der Waals surface area (Å²) >= 11 is 0. The fourth-order valence-corrected chi connectivity index (χ4v) is 1.70. The first-order chi connectivity index (χ1) is 8.25. The number of anilines is 1. The maximum Gasteiger partial charge on any atom is 0.280 e. The molecule has 0 unspecified atom stereocenters. The van der Waals surface area contributed by atoms with Crippen LogP contribution in [0, 0.1) is 0 Å². The first kappa shape index (κ1) is 9.59. The van der Waals surface area contributed by atoms with Crippen LogP contribution in [-0.2, 0) is 0 Å². The summed E-state index contributed by atoms with van der Waals surface area (Å²) in [5, 5.41) is 0. The molecule has 0 radical (unpaired) electrons. The number of imidazole rings is 1. The number of aromatic nitrogens is 4. The van der Waals surface area contributed by atoms with Gasteiger partial charge in [0, 0.05) is 5.69 Å². The van der Waals surface area contributed by atoms with Crippen LogP contribution in [0.2, 0.25) is 0 Å². The second kappa shape index (κ2) is 3.44. The van der Waals surface area contributed by atoms with Gasteiger partial charge in [0.2, 0.25) is 5.95 Å². The Morgan fingerprint density at radius 2 is 2.00 bits per heavy atom. The standard InChI is InChI=1S/C11H9N5O/c12-11-14-9-8(10(17)15-11)13-6-16(9)7-4-2-1-3-5-7/h1-6H,(H3,12,14,15,17). The lowest BCUT2D eigenvalue weighted by molar-refractivity contribution is 1.06. The van der Waals surface area contributed by atoms with E-state index >= 15 is 0 Å². The number of nitrogens with two attached hydrogens (primary N) is 1. The number of benzene rings is 1. The van der Waals surface area contributed by atoms with Crippen LogP contribution >= 0.6 is 0 Å². The molecule has 2 heterocycles. The number of hydrogen-bond acceptors (Lipinski definition) is 4. The molecule has 84 valence electrons. The summed E-state index contributed by atoms with van der Waals surface area (Å²) in [5.74, 6) is 0.0835. The third-order valence-electron chi connectivity index (χ3n) is 2.46. The zero-order valence-corrected chi connectivity index (χ0v) is 8.79. The average Bonchev–Trinajstić information content (AvgIpc) is 2.74. The Morgan fingerprint density at radius 3 is 2.76 bits per heavy atom. The van der Waals surface area contributed by atoms with Crippen molar-refractivity contribution in [2.75, 3.05) is 5.73 Å². The van der Waals surface area contributed by atoms with Crippen LogP contribution in [0.5, 0.6) is 0 Å². The Bertz CT molecular complexity index is 728. The van der Waals surface area contributed by atoms with E-state index in [0.29, 0.717) is 5.65 Å². The van der Waals surface area contributed by atoms with Crippen LogP contribution < -0.4 is 11.3 Å². The van der Waals surface area contributed by atoms with Crippen LogP contribution in [0.4, 0.5) is 5.95 Å². The van der Waals surface area contributed by atoms with E-state index in [-0.39, 0.29) is 17.0 Å². The van der Waals surface area contributed by atoms with Crippen molar-refractivity contribution in [1.29, 1.82) is 0 Å². The van der Waals surface area contributed by atoms with Gasteiger partial charge in [0.1, 0.15) is 6.33 Å². The van der Waals surface area contributed by atoms with E-state index in [1.165, 1.54) is 0 Å². The van der Waals surface area contributed by atoms with Crippen molar-refractivity contribution in [3.63, 3.8) is 0 Å². The smallest absolute Gasteiger partial charge is 0.280 e. The molecule has 0 saturated carbocycles. The fourth-order valence-electron chi connectivity index (χ4n) is 1.70. The van der Waals surface area contributed by atoms with Crippen LogP contribution in [0.25, 0.3) is 16.9 Å². The Labute approximate surface area is 95.7 Å². The lowest BCUT2D eigenvalue weighted by Crippen LogP contribution is -2.11. The van der Waals surface area contributed by atoms with Gasteiger partial charge in [0.15, 0.2) is 11.2 Å². The van der Waals surface area contributed by atoms with E-state index in [9.17, 15) is 4.79 Å². The monoisotopic (exact) mass is 227 g/mol. The minimum atomic E-state index is -0.331. The quantitative estimate of drug-likeness (QED) is 0.640. The van der Waals surface area contributed by atoms with Crippen molar-refractivity contribution in [3.05, 3.63) is 47.0 Å². The second-order valence-electron chi connectivity index (χ2n) is 3.57. The summed E-state index contributed by atoms with van der Waals surface area (Å²) in [7, 11) is 0. The summed E-state index contributed by atoms with van der Waals surface area (Å²) in [6.07, 6.45) is 1.56. The molecule has 0 aliphatic rings.